The van der Waals surface area contributed by atoms with Gasteiger partial charge in [-0.2, -0.15) is 0 Å². The Morgan fingerprint density at radius 2 is 1.71 bits per heavy atom. The van der Waals surface area contributed by atoms with Crippen LogP contribution in [-0.4, -0.2) is 17.0 Å². The normalized spacial score (nSPS) is 16.8. The van der Waals surface area contributed by atoms with E-state index in [9.17, 15) is 9.59 Å². The summed E-state index contributed by atoms with van der Waals surface area (Å²) in [6, 6.07) is 4.80. The van der Waals surface area contributed by atoms with Gasteiger partial charge in [-0.1, -0.05) is 32.1 Å². The first-order chi connectivity index (χ1) is 10.1. The van der Waals surface area contributed by atoms with Crippen LogP contribution in [0.5, 0.6) is 0 Å². The zero-order valence-corrected chi connectivity index (χ0v) is 12.5. The molecule has 0 aromatic heterocycles. The number of benzene rings is 1. The van der Waals surface area contributed by atoms with Crippen LogP contribution in [0.3, 0.4) is 0 Å². The highest BCUT2D eigenvalue weighted by molar-refractivity contribution is 5.94. The Kier molecular flexibility index (Phi) is 5.37. The van der Waals surface area contributed by atoms with Gasteiger partial charge in [-0.05, 0) is 43.5 Å². The number of anilines is 1. The second kappa shape index (κ2) is 7.25. The Morgan fingerprint density at radius 1 is 1.10 bits per heavy atom. The third-order valence-corrected chi connectivity index (χ3v) is 4.21. The van der Waals surface area contributed by atoms with Crippen LogP contribution in [0.4, 0.5) is 5.69 Å². The number of carboxylic acids is 1. The number of hydrogen-bond acceptors (Lipinski definition) is 2. The molecule has 0 aliphatic heterocycles. The summed E-state index contributed by atoms with van der Waals surface area (Å²) in [4.78, 5) is 23.3. The van der Waals surface area contributed by atoms with E-state index < -0.39 is 5.97 Å². The minimum absolute atomic E-state index is 0.0723. The molecule has 114 valence electrons. The van der Waals surface area contributed by atoms with E-state index in [2.05, 4.69) is 5.32 Å². The van der Waals surface area contributed by atoms with Crippen LogP contribution >= 0.6 is 0 Å². The molecule has 2 rings (SSSR count). The molecule has 1 saturated carbocycles. The fraction of sp³-hybridized carbons (Fsp3) is 0.529. The maximum Gasteiger partial charge on any atom is 0.335 e. The summed E-state index contributed by atoms with van der Waals surface area (Å²) in [6.07, 6.45) is 7.87. The molecule has 0 heterocycles. The summed E-state index contributed by atoms with van der Waals surface area (Å²) in [5.74, 6) is -0.789. The van der Waals surface area contributed by atoms with Gasteiger partial charge in [0.15, 0.2) is 0 Å². The van der Waals surface area contributed by atoms with Crippen molar-refractivity contribution in [2.45, 2.75) is 51.9 Å². The minimum atomic E-state index is -0.948. The van der Waals surface area contributed by atoms with Crippen LogP contribution in [0.1, 0.15) is 60.9 Å². The number of amides is 1. The van der Waals surface area contributed by atoms with Gasteiger partial charge in [-0.25, -0.2) is 4.79 Å². The molecule has 1 aromatic carbocycles. The SMILES string of the molecule is Cc1cc(C(=O)O)ccc1NC(=O)C1CCCCCCC1. The number of nitrogens with one attached hydrogen (secondary N) is 1. The molecular formula is C17H23NO3. The van der Waals surface area contributed by atoms with Crippen LogP contribution < -0.4 is 5.32 Å². The van der Waals surface area contributed by atoms with Crippen LogP contribution in [0.25, 0.3) is 0 Å². The Labute approximate surface area is 125 Å². The Morgan fingerprint density at radius 3 is 2.29 bits per heavy atom. The summed E-state index contributed by atoms with van der Waals surface area (Å²) >= 11 is 0. The van der Waals surface area contributed by atoms with E-state index in [0.717, 1.165) is 31.2 Å². The number of aryl methyl sites for hydroxylation is 1. The molecule has 4 heteroatoms. The molecule has 4 nitrogen and oxygen atoms in total. The van der Waals surface area contributed by atoms with Crippen molar-refractivity contribution in [3.8, 4) is 0 Å². The van der Waals surface area contributed by atoms with Gasteiger partial charge >= 0.3 is 5.97 Å². The summed E-state index contributed by atoms with van der Waals surface area (Å²) in [7, 11) is 0. The van der Waals surface area contributed by atoms with Crippen molar-refractivity contribution in [1.82, 2.24) is 0 Å². The van der Waals surface area contributed by atoms with E-state index in [1.165, 1.54) is 25.3 Å². The van der Waals surface area contributed by atoms with Gasteiger partial charge in [0, 0.05) is 11.6 Å². The summed E-state index contributed by atoms with van der Waals surface area (Å²) in [5, 5.41) is 11.9. The van der Waals surface area contributed by atoms with Crippen LogP contribution in [0.15, 0.2) is 18.2 Å². The van der Waals surface area contributed by atoms with Gasteiger partial charge in [0.1, 0.15) is 0 Å². The highest BCUT2D eigenvalue weighted by atomic mass is 16.4. The molecule has 1 aliphatic rings. The molecule has 0 bridgehead atoms. The Hall–Kier alpha value is -1.84. The van der Waals surface area contributed by atoms with Gasteiger partial charge in [0.2, 0.25) is 5.91 Å². The van der Waals surface area contributed by atoms with E-state index in [4.69, 9.17) is 5.11 Å². The number of hydrogen-bond donors (Lipinski definition) is 2. The van der Waals surface area contributed by atoms with Crippen molar-refractivity contribution in [2.24, 2.45) is 5.92 Å². The molecule has 0 saturated heterocycles. The summed E-state index contributed by atoms with van der Waals surface area (Å²) < 4.78 is 0. The van der Waals surface area contributed by atoms with Gasteiger partial charge in [-0.15, -0.1) is 0 Å². The predicted molar refractivity (Wildman–Crippen MR) is 82.6 cm³/mol. The van der Waals surface area contributed by atoms with E-state index in [0.29, 0.717) is 5.69 Å². The lowest BCUT2D eigenvalue weighted by atomic mass is 9.90. The zero-order valence-electron chi connectivity index (χ0n) is 12.5. The monoisotopic (exact) mass is 289 g/mol. The average molecular weight is 289 g/mol. The van der Waals surface area contributed by atoms with Gasteiger partial charge in [0.05, 0.1) is 5.56 Å². The molecule has 1 fully saturated rings. The van der Waals surface area contributed by atoms with E-state index in [1.54, 1.807) is 12.1 Å². The standard InChI is InChI=1S/C17H23NO3/c1-12-11-14(17(20)21)9-10-15(12)18-16(19)13-7-5-3-2-4-6-8-13/h9-11,13H,2-8H2,1H3,(H,18,19)(H,20,21). The lowest BCUT2D eigenvalue weighted by Crippen LogP contribution is -2.24. The van der Waals surface area contributed by atoms with Gasteiger partial charge < -0.3 is 10.4 Å². The topological polar surface area (TPSA) is 66.4 Å². The first-order valence-corrected chi connectivity index (χ1v) is 7.73. The lowest BCUT2D eigenvalue weighted by Gasteiger charge is -2.19. The van der Waals surface area contributed by atoms with Crippen molar-refractivity contribution in [1.29, 1.82) is 0 Å². The number of rotatable bonds is 3. The van der Waals surface area contributed by atoms with Gasteiger partial charge in [0.25, 0.3) is 0 Å². The van der Waals surface area contributed by atoms with Crippen molar-refractivity contribution in [3.63, 3.8) is 0 Å². The Bertz CT molecular complexity index is 517. The highest BCUT2D eigenvalue weighted by Gasteiger charge is 2.20. The second-order valence-electron chi connectivity index (χ2n) is 5.87. The maximum atomic E-state index is 12.4. The van der Waals surface area contributed by atoms with Crippen LogP contribution in [0, 0.1) is 12.8 Å². The van der Waals surface area contributed by atoms with Crippen molar-refractivity contribution in [3.05, 3.63) is 29.3 Å². The Balaban J connectivity index is 2.02. The molecule has 1 amide bonds. The van der Waals surface area contributed by atoms with Crippen LogP contribution in [0.2, 0.25) is 0 Å². The number of carbonyl (C=O) groups is 2. The molecule has 21 heavy (non-hydrogen) atoms. The van der Waals surface area contributed by atoms with Crippen molar-refractivity contribution >= 4 is 17.6 Å². The van der Waals surface area contributed by atoms with E-state index in [-0.39, 0.29) is 17.4 Å². The first-order valence-electron chi connectivity index (χ1n) is 7.73. The number of aromatic carboxylic acids is 1. The van der Waals surface area contributed by atoms with Crippen LogP contribution in [-0.2, 0) is 4.79 Å². The highest BCUT2D eigenvalue weighted by Crippen LogP contribution is 2.24. The molecule has 0 radical (unpaired) electrons. The molecule has 1 aromatic rings. The summed E-state index contributed by atoms with van der Waals surface area (Å²) in [5.41, 5.74) is 1.75. The quantitative estimate of drug-likeness (QED) is 0.884. The molecule has 1 aliphatic carbocycles. The average Bonchev–Trinajstić information content (AvgIpc) is 2.40. The molecule has 0 atom stereocenters. The third-order valence-electron chi connectivity index (χ3n) is 4.21. The van der Waals surface area contributed by atoms with E-state index in [1.807, 2.05) is 6.92 Å². The van der Waals surface area contributed by atoms with Gasteiger partial charge in [-0.3, -0.25) is 4.79 Å². The second-order valence-corrected chi connectivity index (χ2v) is 5.87. The third kappa shape index (κ3) is 4.31. The fourth-order valence-corrected chi connectivity index (χ4v) is 2.89. The van der Waals surface area contributed by atoms with Crippen molar-refractivity contribution < 1.29 is 14.7 Å². The largest absolute Gasteiger partial charge is 0.478 e. The molecule has 0 unspecified atom stereocenters. The first kappa shape index (κ1) is 15.5. The van der Waals surface area contributed by atoms with E-state index >= 15 is 0 Å². The summed E-state index contributed by atoms with van der Waals surface area (Å²) in [6.45, 7) is 1.82. The number of carboxylic acid groups (broad SMARTS) is 1. The maximum absolute atomic E-state index is 12.4. The van der Waals surface area contributed by atoms with Crippen molar-refractivity contribution in [2.75, 3.05) is 5.32 Å². The smallest absolute Gasteiger partial charge is 0.335 e. The fourth-order valence-electron chi connectivity index (χ4n) is 2.89. The lowest BCUT2D eigenvalue weighted by molar-refractivity contribution is -0.120. The molecule has 0 spiro atoms. The minimum Gasteiger partial charge on any atom is -0.478 e. The zero-order chi connectivity index (χ0) is 15.2. The number of carbonyl (C=O) groups excluding carboxylic acids is 1. The predicted octanol–water partition coefficient (Wildman–Crippen LogP) is 3.99. The molecule has 2 N–H and O–H groups in total. The molecular weight excluding hydrogens is 266 g/mol.